The molecule has 5 nitrogen and oxygen atoms in total. The van der Waals surface area contributed by atoms with E-state index in [1.54, 1.807) is 0 Å². The Morgan fingerprint density at radius 3 is 2.72 bits per heavy atom. The molecule has 0 aromatic carbocycles. The molecule has 18 heavy (non-hydrogen) atoms. The number of rotatable bonds is 7. The maximum atomic E-state index is 5.35. The molecule has 0 spiro atoms. The van der Waals surface area contributed by atoms with E-state index in [1.807, 2.05) is 20.0 Å². The fraction of sp³-hybridized carbons (Fsp3) is 0.692. The van der Waals surface area contributed by atoms with Gasteiger partial charge in [0.2, 0.25) is 0 Å². The van der Waals surface area contributed by atoms with Gasteiger partial charge in [-0.2, -0.15) is 0 Å². The van der Waals surface area contributed by atoms with Crippen LogP contribution in [0.15, 0.2) is 6.07 Å². The summed E-state index contributed by atoms with van der Waals surface area (Å²) in [6.45, 7) is 4.12. The lowest BCUT2D eigenvalue weighted by Gasteiger charge is -2.25. The summed E-state index contributed by atoms with van der Waals surface area (Å²) in [7, 11) is 1.86. The molecule has 1 heterocycles. The third kappa shape index (κ3) is 3.57. The molecule has 1 aromatic heterocycles. The zero-order valence-corrected chi connectivity index (χ0v) is 11.2. The monoisotopic (exact) mass is 250 g/mol. The largest absolute Gasteiger partial charge is 0.374 e. The third-order valence-electron chi connectivity index (χ3n) is 3.26. The van der Waals surface area contributed by atoms with Crippen LogP contribution in [0.5, 0.6) is 0 Å². The van der Waals surface area contributed by atoms with Crippen molar-refractivity contribution in [3.05, 3.63) is 11.9 Å². The summed E-state index contributed by atoms with van der Waals surface area (Å²) in [6, 6.07) is 1.94. The molecule has 1 fully saturated rings. The zero-order valence-electron chi connectivity index (χ0n) is 11.2. The van der Waals surface area contributed by atoms with Crippen LogP contribution in [0.2, 0.25) is 0 Å². The van der Waals surface area contributed by atoms with E-state index in [-0.39, 0.29) is 0 Å². The minimum atomic E-state index is 0.462. The maximum absolute atomic E-state index is 5.35. The first-order valence-corrected chi connectivity index (χ1v) is 6.69. The molecular weight excluding hydrogens is 228 g/mol. The highest BCUT2D eigenvalue weighted by Gasteiger charge is 2.17. The normalized spacial score (nSPS) is 15.2. The van der Waals surface area contributed by atoms with Crippen LogP contribution in [-0.2, 0) is 11.3 Å². The van der Waals surface area contributed by atoms with Crippen LogP contribution in [-0.4, -0.2) is 30.2 Å². The summed E-state index contributed by atoms with van der Waals surface area (Å²) >= 11 is 0. The quantitative estimate of drug-likeness (QED) is 0.777. The number of anilines is 2. The Kier molecular flexibility index (Phi) is 4.75. The standard InChI is InChI=1S/C13H22N4O/c1-3-18-9-13-16-11(14-2)7-12(17-13)15-8-10-5-4-6-10/h7,10H,3-6,8-9H2,1-2H3,(H2,14,15,16,17). The molecule has 0 atom stereocenters. The highest BCUT2D eigenvalue weighted by molar-refractivity contribution is 5.47. The Morgan fingerprint density at radius 1 is 1.33 bits per heavy atom. The van der Waals surface area contributed by atoms with Crippen molar-refractivity contribution in [3.8, 4) is 0 Å². The lowest BCUT2D eigenvalue weighted by Crippen LogP contribution is -2.21. The van der Waals surface area contributed by atoms with Crippen LogP contribution in [0.3, 0.4) is 0 Å². The molecule has 1 saturated carbocycles. The summed E-state index contributed by atoms with van der Waals surface area (Å²) < 4.78 is 5.35. The van der Waals surface area contributed by atoms with Gasteiger partial charge in [-0.25, -0.2) is 9.97 Å². The maximum Gasteiger partial charge on any atom is 0.158 e. The van der Waals surface area contributed by atoms with Crippen molar-refractivity contribution in [1.82, 2.24) is 9.97 Å². The lowest BCUT2D eigenvalue weighted by molar-refractivity contribution is 0.128. The van der Waals surface area contributed by atoms with E-state index in [9.17, 15) is 0 Å². The fourth-order valence-corrected chi connectivity index (χ4v) is 1.92. The van der Waals surface area contributed by atoms with Crippen molar-refractivity contribution >= 4 is 11.6 Å². The van der Waals surface area contributed by atoms with Gasteiger partial charge >= 0.3 is 0 Å². The molecule has 100 valence electrons. The van der Waals surface area contributed by atoms with Crippen LogP contribution >= 0.6 is 0 Å². The summed E-state index contributed by atoms with van der Waals surface area (Å²) in [5.74, 6) is 3.25. The summed E-state index contributed by atoms with van der Waals surface area (Å²) in [4.78, 5) is 8.83. The Bertz CT molecular complexity index is 379. The number of aromatic nitrogens is 2. The zero-order chi connectivity index (χ0) is 12.8. The SMILES string of the molecule is CCOCc1nc(NC)cc(NCC2CCC2)n1. The van der Waals surface area contributed by atoms with Crippen LogP contribution in [0.1, 0.15) is 32.0 Å². The Hall–Kier alpha value is -1.36. The minimum absolute atomic E-state index is 0.462. The minimum Gasteiger partial charge on any atom is -0.374 e. The van der Waals surface area contributed by atoms with E-state index in [4.69, 9.17) is 4.74 Å². The molecule has 0 unspecified atom stereocenters. The number of hydrogen-bond donors (Lipinski definition) is 2. The number of nitrogens with one attached hydrogen (secondary N) is 2. The van der Waals surface area contributed by atoms with Crippen LogP contribution < -0.4 is 10.6 Å². The van der Waals surface area contributed by atoms with E-state index in [0.717, 1.165) is 29.9 Å². The van der Waals surface area contributed by atoms with Gasteiger partial charge in [-0.3, -0.25) is 0 Å². The predicted octanol–water partition coefficient (Wildman–Crippen LogP) is 2.27. The molecule has 0 bridgehead atoms. The first kappa shape index (κ1) is 13.1. The number of ether oxygens (including phenoxy) is 1. The van der Waals surface area contributed by atoms with E-state index in [0.29, 0.717) is 13.2 Å². The second-order valence-electron chi connectivity index (χ2n) is 4.62. The van der Waals surface area contributed by atoms with Gasteiger partial charge in [0.1, 0.15) is 18.2 Å². The summed E-state index contributed by atoms with van der Waals surface area (Å²) in [5, 5.41) is 6.44. The van der Waals surface area contributed by atoms with Gasteiger partial charge in [0.25, 0.3) is 0 Å². The fourth-order valence-electron chi connectivity index (χ4n) is 1.92. The first-order valence-electron chi connectivity index (χ1n) is 6.69. The van der Waals surface area contributed by atoms with Crippen LogP contribution in [0, 0.1) is 5.92 Å². The molecule has 1 aliphatic carbocycles. The molecule has 0 aliphatic heterocycles. The van der Waals surface area contributed by atoms with Crippen molar-refractivity contribution in [3.63, 3.8) is 0 Å². The van der Waals surface area contributed by atoms with Crippen LogP contribution in [0.4, 0.5) is 11.6 Å². The topological polar surface area (TPSA) is 59.1 Å². The van der Waals surface area contributed by atoms with E-state index in [1.165, 1.54) is 19.3 Å². The summed E-state index contributed by atoms with van der Waals surface area (Å²) in [5.41, 5.74) is 0. The Labute approximate surface area is 108 Å². The van der Waals surface area contributed by atoms with E-state index in [2.05, 4.69) is 20.6 Å². The average Bonchev–Trinajstić information content (AvgIpc) is 2.34. The average molecular weight is 250 g/mol. The summed E-state index contributed by atoms with van der Waals surface area (Å²) in [6.07, 6.45) is 4.04. The smallest absolute Gasteiger partial charge is 0.158 e. The van der Waals surface area contributed by atoms with Gasteiger partial charge in [-0.15, -0.1) is 0 Å². The van der Waals surface area contributed by atoms with Crippen LogP contribution in [0.25, 0.3) is 0 Å². The molecule has 2 N–H and O–H groups in total. The third-order valence-corrected chi connectivity index (χ3v) is 3.26. The number of hydrogen-bond acceptors (Lipinski definition) is 5. The van der Waals surface area contributed by atoms with Crippen molar-refractivity contribution in [1.29, 1.82) is 0 Å². The Balaban J connectivity index is 1.97. The highest BCUT2D eigenvalue weighted by Crippen LogP contribution is 2.26. The van der Waals surface area contributed by atoms with Crippen molar-refractivity contribution in [2.75, 3.05) is 30.8 Å². The van der Waals surface area contributed by atoms with E-state index >= 15 is 0 Å². The molecule has 1 aromatic rings. The van der Waals surface area contributed by atoms with Crippen molar-refractivity contribution in [2.45, 2.75) is 32.8 Å². The van der Waals surface area contributed by atoms with Crippen molar-refractivity contribution < 1.29 is 4.74 Å². The van der Waals surface area contributed by atoms with Gasteiger partial charge in [0.15, 0.2) is 5.82 Å². The molecule has 1 aliphatic rings. The van der Waals surface area contributed by atoms with E-state index < -0.39 is 0 Å². The number of nitrogens with zero attached hydrogens (tertiary/aromatic N) is 2. The molecule has 0 saturated heterocycles. The Morgan fingerprint density at radius 2 is 2.11 bits per heavy atom. The molecule has 2 rings (SSSR count). The van der Waals surface area contributed by atoms with Gasteiger partial charge in [0.05, 0.1) is 0 Å². The van der Waals surface area contributed by atoms with Gasteiger partial charge in [-0.05, 0) is 25.7 Å². The highest BCUT2D eigenvalue weighted by atomic mass is 16.5. The predicted molar refractivity (Wildman–Crippen MR) is 72.7 cm³/mol. The molecule has 0 radical (unpaired) electrons. The molecule has 5 heteroatoms. The second-order valence-corrected chi connectivity index (χ2v) is 4.62. The van der Waals surface area contributed by atoms with Gasteiger partial charge < -0.3 is 15.4 Å². The molecule has 0 amide bonds. The molecular formula is C13H22N4O. The lowest BCUT2D eigenvalue weighted by atomic mass is 9.85. The van der Waals surface area contributed by atoms with Gasteiger partial charge in [-0.1, -0.05) is 6.42 Å². The van der Waals surface area contributed by atoms with Gasteiger partial charge in [0, 0.05) is 26.3 Å². The van der Waals surface area contributed by atoms with Crippen molar-refractivity contribution in [2.24, 2.45) is 5.92 Å². The first-order chi connectivity index (χ1) is 8.81. The second kappa shape index (κ2) is 6.54.